The van der Waals surface area contributed by atoms with Crippen LogP contribution in [0.5, 0.6) is 0 Å². The van der Waals surface area contributed by atoms with Crippen LogP contribution in [0.3, 0.4) is 0 Å². The maximum atomic E-state index is 12.7. The summed E-state index contributed by atoms with van der Waals surface area (Å²) in [5, 5.41) is 14.4. The van der Waals surface area contributed by atoms with Crippen molar-refractivity contribution in [2.75, 3.05) is 25.5 Å². The van der Waals surface area contributed by atoms with Gasteiger partial charge in [-0.2, -0.15) is 0 Å². The smallest absolute Gasteiger partial charge is 0.256 e. The number of ether oxygens (including phenoxy) is 1. The molecule has 1 aromatic carbocycles. The Morgan fingerprint density at radius 1 is 1.35 bits per heavy atom. The average Bonchev–Trinajstić information content (AvgIpc) is 3.11. The number of hydrogen-bond acceptors (Lipinski definition) is 5. The molecule has 1 fully saturated rings. The number of halogens is 2. The van der Waals surface area contributed by atoms with Gasteiger partial charge in [0, 0.05) is 24.9 Å². The van der Waals surface area contributed by atoms with E-state index in [1.807, 2.05) is 35.8 Å². The third kappa shape index (κ3) is 4.54. The van der Waals surface area contributed by atoms with Crippen LogP contribution in [-0.4, -0.2) is 46.5 Å². The summed E-state index contributed by atoms with van der Waals surface area (Å²) < 4.78 is 7.54. The summed E-state index contributed by atoms with van der Waals surface area (Å²) in [5.74, 6) is 0.692. The number of aryl methyl sites for hydroxylation is 1. The van der Waals surface area contributed by atoms with Crippen molar-refractivity contribution in [2.24, 2.45) is 0 Å². The number of methoxy groups -OCH3 is 1. The molecule has 1 aromatic heterocycles. The summed E-state index contributed by atoms with van der Waals surface area (Å²) in [5.41, 5.74) is 0.895. The van der Waals surface area contributed by atoms with Crippen LogP contribution in [-0.2, 0) is 16.1 Å². The minimum atomic E-state index is -0.759. The minimum Gasteiger partial charge on any atom is -0.368 e. The van der Waals surface area contributed by atoms with Gasteiger partial charge in [0.15, 0.2) is 5.82 Å². The summed E-state index contributed by atoms with van der Waals surface area (Å²) in [6.45, 7) is 4.39. The van der Waals surface area contributed by atoms with Gasteiger partial charge in [-0.25, -0.2) is 0 Å². The molecule has 144 valence electrons. The lowest BCUT2D eigenvalue weighted by Gasteiger charge is -2.34. The minimum absolute atomic E-state index is 0. The number of nitrogens with one attached hydrogen (secondary N) is 2. The first-order valence-corrected chi connectivity index (χ1v) is 8.24. The standard InChI is InChI=1S/C17H23N5O2.2ClH/c1-3-22-12-19-21-15(22)13-5-4-6-14(11-13)20-16(23)17(24-2)7-9-18-10-8-17;;/h4-6,11-12,18H,3,7-10H2,1-2H3,(H,20,23);2*1H. The molecule has 9 heteroatoms. The highest BCUT2D eigenvalue weighted by Gasteiger charge is 2.39. The number of carbonyl (C=O) groups is 1. The fourth-order valence-corrected chi connectivity index (χ4v) is 3.05. The number of carbonyl (C=O) groups excluding carboxylic acids is 1. The maximum absolute atomic E-state index is 12.7. The summed E-state index contributed by atoms with van der Waals surface area (Å²) in [7, 11) is 1.60. The summed E-state index contributed by atoms with van der Waals surface area (Å²) in [4.78, 5) is 12.7. The Hall–Kier alpha value is -1.67. The second kappa shape index (κ2) is 9.87. The Labute approximate surface area is 165 Å². The largest absolute Gasteiger partial charge is 0.368 e. The van der Waals surface area contributed by atoms with E-state index < -0.39 is 5.60 Å². The second-order valence-corrected chi connectivity index (χ2v) is 5.92. The molecule has 2 aromatic rings. The lowest BCUT2D eigenvalue weighted by molar-refractivity contribution is -0.140. The Morgan fingerprint density at radius 3 is 2.73 bits per heavy atom. The molecule has 0 radical (unpaired) electrons. The highest BCUT2D eigenvalue weighted by Crippen LogP contribution is 2.26. The molecule has 26 heavy (non-hydrogen) atoms. The number of aromatic nitrogens is 3. The molecule has 0 atom stereocenters. The van der Waals surface area contributed by atoms with Gasteiger partial charge in [0.25, 0.3) is 5.91 Å². The van der Waals surface area contributed by atoms with E-state index in [2.05, 4.69) is 20.8 Å². The van der Waals surface area contributed by atoms with Crippen molar-refractivity contribution in [1.82, 2.24) is 20.1 Å². The first kappa shape index (κ1) is 22.4. The molecule has 2 heterocycles. The Kier molecular flexibility index (Phi) is 8.49. The fraction of sp³-hybridized carbons (Fsp3) is 0.471. The van der Waals surface area contributed by atoms with Gasteiger partial charge in [-0.3, -0.25) is 4.79 Å². The molecule has 1 amide bonds. The van der Waals surface area contributed by atoms with Crippen LogP contribution in [0.4, 0.5) is 5.69 Å². The molecule has 1 aliphatic rings. The number of rotatable bonds is 5. The van der Waals surface area contributed by atoms with Crippen molar-refractivity contribution >= 4 is 36.4 Å². The molecule has 1 aliphatic heterocycles. The maximum Gasteiger partial charge on any atom is 0.256 e. The first-order chi connectivity index (χ1) is 11.7. The van der Waals surface area contributed by atoms with Gasteiger partial charge in [-0.15, -0.1) is 35.0 Å². The number of piperidine rings is 1. The molecule has 7 nitrogen and oxygen atoms in total. The average molecular weight is 402 g/mol. The van der Waals surface area contributed by atoms with Crippen molar-refractivity contribution in [3.8, 4) is 11.4 Å². The van der Waals surface area contributed by atoms with Crippen LogP contribution in [0, 0.1) is 0 Å². The summed E-state index contributed by atoms with van der Waals surface area (Å²) in [6, 6.07) is 7.65. The Balaban J connectivity index is 0.00000169. The van der Waals surface area contributed by atoms with Crippen molar-refractivity contribution in [3.05, 3.63) is 30.6 Å². The van der Waals surface area contributed by atoms with E-state index in [0.29, 0.717) is 12.8 Å². The SMILES string of the molecule is CCn1cnnc1-c1cccc(NC(=O)C2(OC)CCNCC2)c1.Cl.Cl. The number of nitrogens with zero attached hydrogens (tertiary/aromatic N) is 3. The number of hydrogen-bond donors (Lipinski definition) is 2. The Morgan fingerprint density at radius 2 is 2.08 bits per heavy atom. The van der Waals surface area contributed by atoms with E-state index in [-0.39, 0.29) is 30.7 Å². The van der Waals surface area contributed by atoms with Crippen molar-refractivity contribution in [3.63, 3.8) is 0 Å². The highest BCUT2D eigenvalue weighted by molar-refractivity contribution is 5.97. The van der Waals surface area contributed by atoms with Crippen molar-refractivity contribution in [1.29, 1.82) is 0 Å². The van der Waals surface area contributed by atoms with Gasteiger partial charge in [-0.1, -0.05) is 12.1 Å². The Bertz CT molecular complexity index is 717. The van der Waals surface area contributed by atoms with Gasteiger partial charge < -0.3 is 19.9 Å². The highest BCUT2D eigenvalue weighted by atomic mass is 35.5. The van der Waals surface area contributed by atoms with E-state index in [0.717, 1.165) is 36.7 Å². The monoisotopic (exact) mass is 401 g/mol. The lowest BCUT2D eigenvalue weighted by Crippen LogP contribution is -2.51. The molecular formula is C17H25Cl2N5O2. The van der Waals surface area contributed by atoms with Crippen LogP contribution in [0.25, 0.3) is 11.4 Å². The lowest BCUT2D eigenvalue weighted by atomic mass is 9.91. The van der Waals surface area contributed by atoms with Gasteiger partial charge in [0.1, 0.15) is 11.9 Å². The molecular weight excluding hydrogens is 377 g/mol. The first-order valence-electron chi connectivity index (χ1n) is 8.24. The van der Waals surface area contributed by atoms with E-state index in [1.54, 1.807) is 13.4 Å². The normalized spacial score (nSPS) is 15.5. The summed E-state index contributed by atoms with van der Waals surface area (Å²) >= 11 is 0. The number of anilines is 1. The zero-order valence-corrected chi connectivity index (χ0v) is 16.5. The molecule has 0 unspecified atom stereocenters. The summed E-state index contributed by atoms with van der Waals surface area (Å²) in [6.07, 6.45) is 3.04. The van der Waals surface area contributed by atoms with Crippen LogP contribution >= 0.6 is 24.8 Å². The van der Waals surface area contributed by atoms with Crippen LogP contribution < -0.4 is 10.6 Å². The van der Waals surface area contributed by atoms with Crippen LogP contribution in [0.2, 0.25) is 0 Å². The predicted octanol–water partition coefficient (Wildman–Crippen LogP) is 2.52. The molecule has 2 N–H and O–H groups in total. The second-order valence-electron chi connectivity index (χ2n) is 5.92. The molecule has 0 spiro atoms. The van der Waals surface area contributed by atoms with Crippen molar-refractivity contribution < 1.29 is 9.53 Å². The van der Waals surface area contributed by atoms with E-state index in [9.17, 15) is 4.79 Å². The molecule has 0 bridgehead atoms. The van der Waals surface area contributed by atoms with Gasteiger partial charge in [0.2, 0.25) is 0 Å². The zero-order chi connectivity index (χ0) is 17.0. The van der Waals surface area contributed by atoms with Gasteiger partial charge in [0.05, 0.1) is 0 Å². The zero-order valence-electron chi connectivity index (χ0n) is 14.9. The third-order valence-electron chi connectivity index (χ3n) is 4.55. The molecule has 1 saturated heterocycles. The van der Waals surface area contributed by atoms with Crippen LogP contribution in [0.1, 0.15) is 19.8 Å². The van der Waals surface area contributed by atoms with Crippen molar-refractivity contribution in [2.45, 2.75) is 31.9 Å². The number of amides is 1. The quantitative estimate of drug-likeness (QED) is 0.804. The van der Waals surface area contributed by atoms with Crippen LogP contribution in [0.15, 0.2) is 30.6 Å². The van der Waals surface area contributed by atoms with E-state index in [1.165, 1.54) is 0 Å². The predicted molar refractivity (Wildman–Crippen MR) is 106 cm³/mol. The molecule has 0 saturated carbocycles. The van der Waals surface area contributed by atoms with E-state index >= 15 is 0 Å². The third-order valence-corrected chi connectivity index (χ3v) is 4.55. The topological polar surface area (TPSA) is 81.1 Å². The molecule has 3 rings (SSSR count). The van der Waals surface area contributed by atoms with Gasteiger partial charge >= 0.3 is 0 Å². The van der Waals surface area contributed by atoms with Gasteiger partial charge in [-0.05, 0) is 45.0 Å². The molecule has 0 aliphatic carbocycles. The number of benzene rings is 1. The van der Waals surface area contributed by atoms with E-state index in [4.69, 9.17) is 4.74 Å². The fourth-order valence-electron chi connectivity index (χ4n) is 3.05.